The maximum Gasteiger partial charge on any atom is 0.259 e. The SMILES string of the molecule is CC[C@H]1C[C@H]2C[C@@H]3[C@H]4C/C=C\C(=O)NCC[C@@H](O)[C@@H]5NC(=O)/C(=C(\O)C=C[C@@H]4CC(O)[C@H]3[C@@H]2[C@H]1C)C5=O. The van der Waals surface area contributed by atoms with Gasteiger partial charge in [0.25, 0.3) is 5.91 Å². The van der Waals surface area contributed by atoms with Gasteiger partial charge < -0.3 is 26.0 Å². The van der Waals surface area contributed by atoms with Crippen LogP contribution in [0.25, 0.3) is 0 Å². The van der Waals surface area contributed by atoms with Gasteiger partial charge >= 0.3 is 0 Å². The summed E-state index contributed by atoms with van der Waals surface area (Å²) in [7, 11) is 0. The van der Waals surface area contributed by atoms with Gasteiger partial charge in [0.1, 0.15) is 17.4 Å². The van der Waals surface area contributed by atoms with Crippen LogP contribution in [-0.4, -0.2) is 57.7 Å². The number of carbonyl (C=O) groups excluding carboxylic acids is 3. The lowest BCUT2D eigenvalue weighted by Gasteiger charge is -2.44. The zero-order valence-electron chi connectivity index (χ0n) is 21.7. The number of ketones is 1. The van der Waals surface area contributed by atoms with Crippen molar-refractivity contribution in [3.63, 3.8) is 0 Å². The Labute approximate surface area is 218 Å². The molecule has 0 aromatic carbocycles. The van der Waals surface area contributed by atoms with Crippen LogP contribution in [0, 0.1) is 47.3 Å². The number of carbonyl (C=O) groups is 3. The molecule has 4 fully saturated rings. The van der Waals surface area contributed by atoms with E-state index in [0.29, 0.717) is 42.4 Å². The molecule has 2 amide bonds. The predicted molar refractivity (Wildman–Crippen MR) is 137 cm³/mol. The van der Waals surface area contributed by atoms with E-state index in [2.05, 4.69) is 24.5 Å². The third-order valence-corrected chi connectivity index (χ3v) is 10.2. The van der Waals surface area contributed by atoms with E-state index in [9.17, 15) is 29.7 Å². The van der Waals surface area contributed by atoms with E-state index in [1.807, 2.05) is 12.2 Å². The molecule has 11 atom stereocenters. The highest BCUT2D eigenvalue weighted by Gasteiger charge is 2.58. The van der Waals surface area contributed by atoms with Crippen LogP contribution in [0.2, 0.25) is 0 Å². The molecule has 2 bridgehead atoms. The molecular weight excluding hydrogens is 472 g/mol. The second kappa shape index (κ2) is 10.4. The maximum atomic E-state index is 12.8. The van der Waals surface area contributed by atoms with Crippen molar-refractivity contribution in [2.45, 2.75) is 70.6 Å². The number of nitrogens with one attached hydrogen (secondary N) is 2. The molecule has 8 nitrogen and oxygen atoms in total. The molecule has 3 aliphatic carbocycles. The number of aliphatic hydroxyl groups is 3. The lowest BCUT2D eigenvalue weighted by Crippen LogP contribution is -2.43. The molecule has 0 spiro atoms. The Morgan fingerprint density at radius 2 is 1.78 bits per heavy atom. The van der Waals surface area contributed by atoms with Crippen molar-refractivity contribution >= 4 is 17.6 Å². The number of rotatable bonds is 1. The van der Waals surface area contributed by atoms with Crippen LogP contribution in [0.5, 0.6) is 0 Å². The van der Waals surface area contributed by atoms with Crippen LogP contribution >= 0.6 is 0 Å². The number of Topliss-reactive ketones (excluding diaryl/α,β-unsaturated/α-hetero) is 1. The number of hydrogen-bond donors (Lipinski definition) is 5. The van der Waals surface area contributed by atoms with Gasteiger partial charge in [0.2, 0.25) is 5.91 Å². The molecule has 0 aromatic heterocycles. The summed E-state index contributed by atoms with van der Waals surface area (Å²) in [5, 5.41) is 37.7. The van der Waals surface area contributed by atoms with Crippen molar-refractivity contribution in [1.29, 1.82) is 0 Å². The number of aliphatic hydroxyl groups excluding tert-OH is 3. The van der Waals surface area contributed by atoms with Gasteiger partial charge in [-0.25, -0.2) is 0 Å². The van der Waals surface area contributed by atoms with Crippen LogP contribution in [0.1, 0.15) is 52.4 Å². The first-order valence-corrected chi connectivity index (χ1v) is 14.0. The monoisotopic (exact) mass is 512 g/mol. The Morgan fingerprint density at radius 1 is 1.00 bits per heavy atom. The normalized spacial score (nSPS) is 47.1. The average Bonchev–Trinajstić information content (AvgIpc) is 3.48. The van der Waals surface area contributed by atoms with E-state index in [-0.39, 0.29) is 42.2 Å². The molecule has 5 aliphatic rings. The fourth-order valence-electron chi connectivity index (χ4n) is 8.51. The Kier molecular flexibility index (Phi) is 7.33. The molecule has 1 saturated heterocycles. The molecule has 8 heteroatoms. The zero-order chi connectivity index (χ0) is 26.4. The van der Waals surface area contributed by atoms with Gasteiger partial charge in [0.15, 0.2) is 5.78 Å². The fourth-order valence-corrected chi connectivity index (χ4v) is 8.51. The van der Waals surface area contributed by atoms with Gasteiger partial charge in [-0.15, -0.1) is 0 Å². The minimum absolute atomic E-state index is 0.0725. The highest BCUT2D eigenvalue weighted by molar-refractivity contribution is 6.27. The summed E-state index contributed by atoms with van der Waals surface area (Å²) in [4.78, 5) is 37.7. The second-order valence-electron chi connectivity index (χ2n) is 11.9. The molecule has 2 heterocycles. The molecular formula is C29H40N2O6. The summed E-state index contributed by atoms with van der Waals surface area (Å²) in [6.45, 7) is 4.76. The summed E-state index contributed by atoms with van der Waals surface area (Å²) in [6, 6.07) is -1.16. The molecule has 0 radical (unpaired) electrons. The van der Waals surface area contributed by atoms with Crippen molar-refractivity contribution in [1.82, 2.24) is 10.6 Å². The predicted octanol–water partition coefficient (Wildman–Crippen LogP) is 2.18. The lowest BCUT2D eigenvalue weighted by molar-refractivity contribution is -0.118. The summed E-state index contributed by atoms with van der Waals surface area (Å²) < 4.78 is 0. The summed E-state index contributed by atoms with van der Waals surface area (Å²) in [5.74, 6) is 1.03. The summed E-state index contributed by atoms with van der Waals surface area (Å²) in [5.41, 5.74) is -0.350. The Balaban J connectivity index is 1.47. The van der Waals surface area contributed by atoms with Crippen LogP contribution in [0.4, 0.5) is 0 Å². The quantitative estimate of drug-likeness (QED) is 0.342. The number of fused-ring (bicyclic) bond motifs is 7. The van der Waals surface area contributed by atoms with Crippen molar-refractivity contribution in [3.8, 4) is 0 Å². The highest BCUT2D eigenvalue weighted by atomic mass is 16.3. The van der Waals surface area contributed by atoms with E-state index in [4.69, 9.17) is 0 Å². The first-order valence-electron chi connectivity index (χ1n) is 14.0. The van der Waals surface area contributed by atoms with E-state index < -0.39 is 35.7 Å². The lowest BCUT2D eigenvalue weighted by atomic mass is 9.62. The molecule has 37 heavy (non-hydrogen) atoms. The van der Waals surface area contributed by atoms with E-state index >= 15 is 0 Å². The van der Waals surface area contributed by atoms with Gasteiger partial charge in [-0.1, -0.05) is 32.4 Å². The van der Waals surface area contributed by atoms with Gasteiger partial charge in [-0.05, 0) is 91.6 Å². The minimum Gasteiger partial charge on any atom is -0.507 e. The third-order valence-electron chi connectivity index (χ3n) is 10.2. The van der Waals surface area contributed by atoms with Crippen molar-refractivity contribution < 1.29 is 29.7 Å². The van der Waals surface area contributed by atoms with Crippen molar-refractivity contribution in [2.24, 2.45) is 47.3 Å². The standard InChI is InChI=1S/C29H40N2O6/c1-3-15-11-17-12-19-18-5-4-6-23(35)30-10-9-21(33)27-28(36)26(29(37)31-27)20(32)8-7-16(18)13-22(34)25(19)24(17)14(15)2/h4,6-8,14-19,21-22,24-25,27,32-34H,3,5,9-13H2,1-2H3,(H,30,35)(H,31,37)/b6-4-,8-7?,26-20-/t14-,15-,16+,17-,18-,19+,21+,22?,24+,25-,27-/m0/s1. The molecule has 0 aromatic rings. The molecule has 1 unspecified atom stereocenters. The van der Waals surface area contributed by atoms with Gasteiger partial charge in [-0.3, -0.25) is 14.4 Å². The highest BCUT2D eigenvalue weighted by Crippen LogP contribution is 2.62. The average molecular weight is 513 g/mol. The van der Waals surface area contributed by atoms with E-state index in [0.717, 1.165) is 6.42 Å². The number of hydrogen-bond acceptors (Lipinski definition) is 6. The minimum atomic E-state index is -1.19. The molecule has 5 rings (SSSR count). The summed E-state index contributed by atoms with van der Waals surface area (Å²) >= 11 is 0. The number of amides is 2. The Hall–Kier alpha value is -2.45. The summed E-state index contributed by atoms with van der Waals surface area (Å²) in [6.07, 6.45) is 9.79. The van der Waals surface area contributed by atoms with Gasteiger partial charge in [-0.2, -0.15) is 0 Å². The van der Waals surface area contributed by atoms with Gasteiger partial charge in [0, 0.05) is 6.54 Å². The second-order valence-corrected chi connectivity index (χ2v) is 11.9. The fraction of sp³-hybridized carbons (Fsp3) is 0.690. The molecule has 2 aliphatic heterocycles. The number of allylic oxidation sites excluding steroid dienone is 3. The van der Waals surface area contributed by atoms with E-state index in [1.54, 1.807) is 0 Å². The van der Waals surface area contributed by atoms with Crippen LogP contribution < -0.4 is 10.6 Å². The van der Waals surface area contributed by atoms with Crippen LogP contribution in [0.3, 0.4) is 0 Å². The van der Waals surface area contributed by atoms with E-state index in [1.165, 1.54) is 25.0 Å². The zero-order valence-corrected chi connectivity index (χ0v) is 21.7. The van der Waals surface area contributed by atoms with Crippen LogP contribution in [-0.2, 0) is 14.4 Å². The first kappa shape index (κ1) is 26.2. The Bertz CT molecular complexity index is 1030. The molecule has 5 N–H and O–H groups in total. The van der Waals surface area contributed by atoms with Crippen molar-refractivity contribution in [2.75, 3.05) is 6.54 Å². The third kappa shape index (κ3) is 4.67. The van der Waals surface area contributed by atoms with Crippen molar-refractivity contribution in [3.05, 3.63) is 35.6 Å². The molecule has 202 valence electrons. The first-order chi connectivity index (χ1) is 17.7. The largest absolute Gasteiger partial charge is 0.507 e. The maximum absolute atomic E-state index is 12.8. The Morgan fingerprint density at radius 3 is 2.54 bits per heavy atom. The van der Waals surface area contributed by atoms with Crippen LogP contribution in [0.15, 0.2) is 35.6 Å². The topological polar surface area (TPSA) is 136 Å². The van der Waals surface area contributed by atoms with Gasteiger partial charge in [0.05, 0.1) is 12.2 Å². The smallest absolute Gasteiger partial charge is 0.259 e. The molecule has 3 saturated carbocycles.